The fourth-order valence-electron chi connectivity index (χ4n) is 0.795. The van der Waals surface area contributed by atoms with Crippen molar-refractivity contribution in [3.05, 3.63) is 22.4 Å². The zero-order valence-electron chi connectivity index (χ0n) is 6.31. The first-order valence-corrected chi connectivity index (χ1v) is 4.60. The molecule has 0 saturated carbocycles. The van der Waals surface area contributed by atoms with Crippen molar-refractivity contribution in [1.29, 1.82) is 0 Å². The third kappa shape index (κ3) is 2.30. The van der Waals surface area contributed by atoms with E-state index in [0.717, 1.165) is 11.8 Å². The van der Waals surface area contributed by atoms with E-state index in [1.807, 2.05) is 0 Å². The molecule has 0 aliphatic carbocycles. The van der Waals surface area contributed by atoms with Crippen LogP contribution in [0.1, 0.15) is 6.42 Å². The second-order valence-corrected chi connectivity index (χ2v) is 3.03. The summed E-state index contributed by atoms with van der Waals surface area (Å²) in [4.78, 5) is 9.71. The molecule has 6 heteroatoms. The van der Waals surface area contributed by atoms with Crippen molar-refractivity contribution >= 4 is 21.7 Å². The van der Waals surface area contributed by atoms with Crippen LogP contribution in [0.25, 0.3) is 0 Å². The predicted octanol–water partition coefficient (Wildman–Crippen LogP) is 1.58. The Hall–Kier alpha value is -0.910. The Morgan fingerprint density at radius 1 is 1.75 bits per heavy atom. The van der Waals surface area contributed by atoms with Crippen molar-refractivity contribution in [2.75, 3.05) is 5.33 Å². The minimum absolute atomic E-state index is 0.0930. The molecular formula is C6H8BrN3O2. The lowest BCUT2D eigenvalue weighted by molar-refractivity contribution is -0.389. The third-order valence-corrected chi connectivity index (χ3v) is 1.90. The maximum absolute atomic E-state index is 10.2. The molecule has 0 amide bonds. The van der Waals surface area contributed by atoms with E-state index in [1.165, 1.54) is 6.07 Å². The van der Waals surface area contributed by atoms with Gasteiger partial charge in [0, 0.05) is 5.33 Å². The van der Waals surface area contributed by atoms with Gasteiger partial charge < -0.3 is 10.1 Å². The number of rotatable bonds is 4. The molecule has 66 valence electrons. The number of halogens is 1. The monoisotopic (exact) mass is 233 g/mol. The van der Waals surface area contributed by atoms with Gasteiger partial charge in [-0.1, -0.05) is 15.9 Å². The molecule has 0 saturated heterocycles. The van der Waals surface area contributed by atoms with Gasteiger partial charge in [-0.25, -0.2) is 0 Å². The molecule has 5 nitrogen and oxygen atoms in total. The van der Waals surface area contributed by atoms with Gasteiger partial charge in [-0.2, -0.15) is 4.68 Å². The zero-order chi connectivity index (χ0) is 8.97. The van der Waals surface area contributed by atoms with Crippen molar-refractivity contribution in [3.63, 3.8) is 0 Å². The lowest BCUT2D eigenvalue weighted by atomic mass is 10.5. The highest BCUT2D eigenvalue weighted by molar-refractivity contribution is 9.09. The van der Waals surface area contributed by atoms with Crippen LogP contribution < -0.4 is 0 Å². The fraction of sp³-hybridized carbons (Fsp3) is 0.500. The summed E-state index contributed by atoms with van der Waals surface area (Å²) in [7, 11) is 0. The van der Waals surface area contributed by atoms with Crippen molar-refractivity contribution in [3.8, 4) is 0 Å². The van der Waals surface area contributed by atoms with Crippen LogP contribution in [0, 0.1) is 10.1 Å². The van der Waals surface area contributed by atoms with Crippen LogP contribution in [0.2, 0.25) is 0 Å². The number of hydrogen-bond acceptors (Lipinski definition) is 3. The van der Waals surface area contributed by atoms with Crippen LogP contribution in [0.3, 0.4) is 0 Å². The van der Waals surface area contributed by atoms with Crippen molar-refractivity contribution in [1.82, 2.24) is 9.78 Å². The van der Waals surface area contributed by atoms with E-state index in [9.17, 15) is 10.1 Å². The van der Waals surface area contributed by atoms with Crippen LogP contribution >= 0.6 is 15.9 Å². The maximum Gasteiger partial charge on any atom is 0.389 e. The lowest BCUT2D eigenvalue weighted by Gasteiger charge is -1.90. The first-order chi connectivity index (χ1) is 5.74. The average molecular weight is 234 g/mol. The molecule has 0 spiro atoms. The summed E-state index contributed by atoms with van der Waals surface area (Å²) in [6, 6.07) is 1.40. The molecule has 0 aliphatic heterocycles. The lowest BCUT2D eigenvalue weighted by Crippen LogP contribution is -1.99. The van der Waals surface area contributed by atoms with E-state index in [2.05, 4.69) is 21.0 Å². The molecule has 0 fully saturated rings. The highest BCUT2D eigenvalue weighted by Crippen LogP contribution is 2.05. The molecule has 1 aromatic rings. The molecule has 12 heavy (non-hydrogen) atoms. The topological polar surface area (TPSA) is 61.0 Å². The minimum Gasteiger partial charge on any atom is -0.358 e. The summed E-state index contributed by atoms with van der Waals surface area (Å²) in [6.07, 6.45) is 2.53. The summed E-state index contributed by atoms with van der Waals surface area (Å²) < 4.78 is 1.57. The Kier molecular flexibility index (Phi) is 3.21. The summed E-state index contributed by atoms with van der Waals surface area (Å²) in [5.74, 6) is -0.0930. The largest absolute Gasteiger partial charge is 0.389 e. The van der Waals surface area contributed by atoms with E-state index in [0.29, 0.717) is 6.54 Å². The molecule has 0 unspecified atom stereocenters. The van der Waals surface area contributed by atoms with Crippen LogP contribution in [0.5, 0.6) is 0 Å². The van der Waals surface area contributed by atoms with Crippen molar-refractivity contribution in [2.45, 2.75) is 13.0 Å². The number of nitrogens with zero attached hydrogens (tertiary/aromatic N) is 3. The maximum atomic E-state index is 10.2. The number of aromatic nitrogens is 2. The van der Waals surface area contributed by atoms with E-state index >= 15 is 0 Å². The fourth-order valence-corrected chi connectivity index (χ4v) is 1.05. The first kappa shape index (κ1) is 9.18. The predicted molar refractivity (Wildman–Crippen MR) is 47.3 cm³/mol. The van der Waals surface area contributed by atoms with Crippen LogP contribution in [-0.2, 0) is 6.54 Å². The second-order valence-electron chi connectivity index (χ2n) is 2.24. The number of aryl methyl sites for hydroxylation is 1. The minimum atomic E-state index is -0.495. The average Bonchev–Trinajstić information content (AvgIpc) is 2.48. The Labute approximate surface area is 77.7 Å². The quantitative estimate of drug-likeness (QED) is 0.451. The molecule has 0 radical (unpaired) electrons. The van der Waals surface area contributed by atoms with E-state index in [1.54, 1.807) is 10.9 Å². The van der Waals surface area contributed by atoms with Gasteiger partial charge in [-0.05, 0) is 11.3 Å². The number of alkyl halides is 1. The van der Waals surface area contributed by atoms with Gasteiger partial charge in [0.2, 0.25) is 0 Å². The van der Waals surface area contributed by atoms with Gasteiger partial charge in [0.1, 0.15) is 0 Å². The summed E-state index contributed by atoms with van der Waals surface area (Å²) in [5.41, 5.74) is 0. The van der Waals surface area contributed by atoms with Gasteiger partial charge in [0.05, 0.1) is 23.9 Å². The SMILES string of the molecule is O=[N+]([O-])c1ccn(CCCBr)n1. The number of hydrogen-bond donors (Lipinski definition) is 0. The standard InChI is InChI=1S/C6H8BrN3O2/c7-3-1-4-9-5-2-6(8-9)10(11)12/h2,5H,1,3-4H2. The van der Waals surface area contributed by atoms with Crippen LogP contribution in [0.4, 0.5) is 5.82 Å². The van der Waals surface area contributed by atoms with Gasteiger partial charge in [0.25, 0.3) is 0 Å². The smallest absolute Gasteiger partial charge is 0.358 e. The normalized spacial score (nSPS) is 10.1. The molecule has 1 heterocycles. The Morgan fingerprint density at radius 2 is 2.50 bits per heavy atom. The van der Waals surface area contributed by atoms with Gasteiger partial charge >= 0.3 is 5.82 Å². The highest BCUT2D eigenvalue weighted by Gasteiger charge is 2.09. The first-order valence-electron chi connectivity index (χ1n) is 3.48. The summed E-state index contributed by atoms with van der Waals surface area (Å²) >= 11 is 3.27. The summed E-state index contributed by atoms with van der Waals surface area (Å²) in [5, 5.41) is 14.8. The Morgan fingerprint density at radius 3 is 3.00 bits per heavy atom. The van der Waals surface area contributed by atoms with Crippen molar-refractivity contribution < 1.29 is 4.92 Å². The van der Waals surface area contributed by atoms with E-state index in [4.69, 9.17) is 0 Å². The molecule has 0 bridgehead atoms. The molecule has 0 N–H and O–H groups in total. The molecular weight excluding hydrogens is 226 g/mol. The second kappa shape index (κ2) is 4.20. The highest BCUT2D eigenvalue weighted by atomic mass is 79.9. The molecule has 0 atom stereocenters. The van der Waals surface area contributed by atoms with Gasteiger partial charge in [-0.3, -0.25) is 0 Å². The Bertz CT molecular complexity index is 274. The zero-order valence-corrected chi connectivity index (χ0v) is 7.90. The van der Waals surface area contributed by atoms with Gasteiger partial charge in [-0.15, -0.1) is 0 Å². The molecule has 1 rings (SSSR count). The van der Waals surface area contributed by atoms with E-state index in [-0.39, 0.29) is 5.82 Å². The van der Waals surface area contributed by atoms with Crippen LogP contribution in [0.15, 0.2) is 12.3 Å². The third-order valence-electron chi connectivity index (χ3n) is 1.33. The van der Waals surface area contributed by atoms with Gasteiger partial charge in [0.15, 0.2) is 0 Å². The molecule has 1 aromatic heterocycles. The molecule has 0 aliphatic rings. The Balaban J connectivity index is 2.58. The number of nitro groups is 1. The van der Waals surface area contributed by atoms with Crippen LogP contribution in [-0.4, -0.2) is 20.0 Å². The molecule has 0 aromatic carbocycles. The van der Waals surface area contributed by atoms with E-state index < -0.39 is 4.92 Å². The van der Waals surface area contributed by atoms with Crippen molar-refractivity contribution in [2.24, 2.45) is 0 Å². The summed E-state index contributed by atoms with van der Waals surface area (Å²) in [6.45, 7) is 0.707.